The van der Waals surface area contributed by atoms with Crippen LogP contribution in [0, 0.1) is 10.1 Å². The van der Waals surface area contributed by atoms with Gasteiger partial charge in [-0.05, 0) is 55.8 Å². The highest BCUT2D eigenvalue weighted by Crippen LogP contribution is 2.15. The van der Waals surface area contributed by atoms with Crippen molar-refractivity contribution in [2.24, 2.45) is 5.10 Å². The number of hydrogen-bond acceptors (Lipinski definition) is 7. The summed E-state index contributed by atoms with van der Waals surface area (Å²) in [7, 11) is 0. The third kappa shape index (κ3) is 6.23. The number of nitro benzene ring substituents is 1. The molecule has 0 radical (unpaired) electrons. The Balaban J connectivity index is 1.83. The number of benzene rings is 2. The van der Waals surface area contributed by atoms with Crippen molar-refractivity contribution in [3.63, 3.8) is 0 Å². The van der Waals surface area contributed by atoms with E-state index in [2.05, 4.69) is 10.5 Å². The minimum Gasteiger partial charge on any atom is -0.482 e. The van der Waals surface area contributed by atoms with Crippen LogP contribution in [-0.2, 0) is 9.53 Å². The summed E-state index contributed by atoms with van der Waals surface area (Å²) >= 11 is 0. The van der Waals surface area contributed by atoms with Gasteiger partial charge in [0.25, 0.3) is 5.69 Å². The Morgan fingerprint density at radius 2 is 1.85 bits per heavy atom. The standard InChI is InChI=1S/C18H19N3O5/c1-13(2)26-18(22)12-25-17-9-3-14(4-10-17)11-19-20-15-5-7-16(8-6-15)21(23)24/h3-11,13,20H,12H2,1-2H3/b19-11+. The Labute approximate surface area is 150 Å². The van der Waals surface area contributed by atoms with Crippen LogP contribution in [0.2, 0.25) is 0 Å². The van der Waals surface area contributed by atoms with Gasteiger partial charge < -0.3 is 9.47 Å². The summed E-state index contributed by atoms with van der Waals surface area (Å²) < 4.78 is 10.3. The average molecular weight is 357 g/mol. The van der Waals surface area contributed by atoms with Gasteiger partial charge in [0, 0.05) is 12.1 Å². The molecule has 0 saturated carbocycles. The minimum atomic E-state index is -0.459. The molecule has 2 rings (SSSR count). The second-order valence-electron chi connectivity index (χ2n) is 5.57. The summed E-state index contributed by atoms with van der Waals surface area (Å²) in [6, 6.07) is 12.9. The van der Waals surface area contributed by atoms with E-state index >= 15 is 0 Å². The van der Waals surface area contributed by atoms with Gasteiger partial charge in [0.2, 0.25) is 0 Å². The highest BCUT2D eigenvalue weighted by atomic mass is 16.6. The van der Waals surface area contributed by atoms with Crippen LogP contribution < -0.4 is 10.2 Å². The number of nitrogens with zero attached hydrogens (tertiary/aromatic N) is 2. The Morgan fingerprint density at radius 3 is 2.42 bits per heavy atom. The zero-order valence-electron chi connectivity index (χ0n) is 14.4. The van der Waals surface area contributed by atoms with Crippen molar-refractivity contribution in [2.45, 2.75) is 20.0 Å². The lowest BCUT2D eigenvalue weighted by molar-refractivity contribution is -0.384. The molecular weight excluding hydrogens is 338 g/mol. The first-order valence-electron chi connectivity index (χ1n) is 7.90. The first kappa shape index (κ1) is 18.9. The van der Waals surface area contributed by atoms with Gasteiger partial charge in [0.1, 0.15) is 5.75 Å². The minimum absolute atomic E-state index is 0.0207. The Kier molecular flexibility index (Phi) is 6.67. The van der Waals surface area contributed by atoms with Crippen molar-refractivity contribution in [1.29, 1.82) is 0 Å². The van der Waals surface area contributed by atoms with E-state index in [0.717, 1.165) is 5.56 Å². The number of hydrogen-bond donors (Lipinski definition) is 1. The molecule has 8 heteroatoms. The van der Waals surface area contributed by atoms with Crippen LogP contribution >= 0.6 is 0 Å². The van der Waals surface area contributed by atoms with Crippen molar-refractivity contribution in [1.82, 2.24) is 0 Å². The topological polar surface area (TPSA) is 103 Å². The summed E-state index contributed by atoms with van der Waals surface area (Å²) in [5.41, 5.74) is 4.26. The molecule has 0 heterocycles. The van der Waals surface area contributed by atoms with E-state index in [9.17, 15) is 14.9 Å². The molecule has 8 nitrogen and oxygen atoms in total. The number of hydrazone groups is 1. The number of nitrogens with one attached hydrogen (secondary N) is 1. The van der Waals surface area contributed by atoms with Crippen LogP contribution in [0.4, 0.5) is 11.4 Å². The monoisotopic (exact) mass is 357 g/mol. The van der Waals surface area contributed by atoms with E-state index in [0.29, 0.717) is 11.4 Å². The molecule has 0 bridgehead atoms. The van der Waals surface area contributed by atoms with Crippen LogP contribution in [0.5, 0.6) is 5.75 Å². The second kappa shape index (κ2) is 9.16. The molecule has 0 amide bonds. The Hall–Kier alpha value is -3.42. The van der Waals surface area contributed by atoms with Gasteiger partial charge >= 0.3 is 5.97 Å². The maximum Gasteiger partial charge on any atom is 0.344 e. The van der Waals surface area contributed by atoms with Gasteiger partial charge in [-0.25, -0.2) is 4.79 Å². The third-order valence-corrected chi connectivity index (χ3v) is 3.09. The summed E-state index contributed by atoms with van der Waals surface area (Å²) in [5.74, 6) is 0.129. The van der Waals surface area contributed by atoms with E-state index in [1.165, 1.54) is 12.1 Å². The van der Waals surface area contributed by atoms with Crippen molar-refractivity contribution in [2.75, 3.05) is 12.0 Å². The van der Waals surface area contributed by atoms with Gasteiger partial charge in [0.05, 0.1) is 22.9 Å². The Bertz CT molecular complexity index is 770. The van der Waals surface area contributed by atoms with Gasteiger partial charge in [-0.2, -0.15) is 5.10 Å². The van der Waals surface area contributed by atoms with Gasteiger partial charge in [0.15, 0.2) is 6.61 Å². The molecule has 0 unspecified atom stereocenters. The lowest BCUT2D eigenvalue weighted by atomic mass is 10.2. The van der Waals surface area contributed by atoms with Gasteiger partial charge in [-0.1, -0.05) is 0 Å². The summed E-state index contributed by atoms with van der Waals surface area (Å²) in [5, 5.41) is 14.7. The van der Waals surface area contributed by atoms with Crippen LogP contribution in [0.1, 0.15) is 19.4 Å². The number of anilines is 1. The number of carbonyl (C=O) groups is 1. The number of ether oxygens (including phenoxy) is 2. The number of esters is 1. The Morgan fingerprint density at radius 1 is 1.19 bits per heavy atom. The van der Waals surface area contributed by atoms with Gasteiger partial charge in [-0.15, -0.1) is 0 Å². The molecule has 0 spiro atoms. The number of carbonyl (C=O) groups excluding carboxylic acids is 1. The fraction of sp³-hybridized carbons (Fsp3) is 0.222. The first-order chi connectivity index (χ1) is 12.4. The van der Waals surface area contributed by atoms with Crippen LogP contribution in [0.15, 0.2) is 53.6 Å². The molecule has 0 fully saturated rings. The first-order valence-corrected chi connectivity index (χ1v) is 7.90. The number of rotatable bonds is 8. The molecule has 1 N–H and O–H groups in total. The third-order valence-electron chi connectivity index (χ3n) is 3.09. The van der Waals surface area contributed by atoms with E-state index in [-0.39, 0.29) is 18.4 Å². The fourth-order valence-electron chi connectivity index (χ4n) is 1.93. The fourth-order valence-corrected chi connectivity index (χ4v) is 1.93. The largest absolute Gasteiger partial charge is 0.482 e. The lowest BCUT2D eigenvalue weighted by Gasteiger charge is -2.09. The zero-order chi connectivity index (χ0) is 18.9. The molecule has 26 heavy (non-hydrogen) atoms. The lowest BCUT2D eigenvalue weighted by Crippen LogP contribution is -2.18. The van der Waals surface area contributed by atoms with Crippen molar-refractivity contribution in [3.8, 4) is 5.75 Å². The second-order valence-corrected chi connectivity index (χ2v) is 5.57. The molecule has 0 aliphatic carbocycles. The van der Waals surface area contributed by atoms with Crippen molar-refractivity contribution < 1.29 is 19.2 Å². The normalized spacial score (nSPS) is 10.7. The number of nitro groups is 1. The SMILES string of the molecule is CC(C)OC(=O)COc1ccc(/C=N/Nc2ccc([N+](=O)[O-])cc2)cc1. The predicted molar refractivity (Wildman–Crippen MR) is 97.5 cm³/mol. The van der Waals surface area contributed by atoms with Crippen LogP contribution in [-0.4, -0.2) is 29.8 Å². The van der Waals surface area contributed by atoms with E-state index < -0.39 is 10.9 Å². The quantitative estimate of drug-likeness (QED) is 0.336. The van der Waals surface area contributed by atoms with Crippen molar-refractivity contribution >= 4 is 23.6 Å². The zero-order valence-corrected chi connectivity index (χ0v) is 14.4. The van der Waals surface area contributed by atoms with Crippen LogP contribution in [0.25, 0.3) is 0 Å². The molecule has 2 aromatic carbocycles. The van der Waals surface area contributed by atoms with E-state index in [1.54, 1.807) is 56.5 Å². The molecule has 0 aliphatic heterocycles. The van der Waals surface area contributed by atoms with E-state index in [1.807, 2.05) is 0 Å². The molecule has 0 atom stereocenters. The van der Waals surface area contributed by atoms with Gasteiger partial charge in [-0.3, -0.25) is 15.5 Å². The number of non-ortho nitro benzene ring substituents is 1. The highest BCUT2D eigenvalue weighted by molar-refractivity contribution is 5.80. The highest BCUT2D eigenvalue weighted by Gasteiger charge is 2.06. The maximum atomic E-state index is 11.4. The molecule has 2 aromatic rings. The molecule has 0 saturated heterocycles. The summed E-state index contributed by atoms with van der Waals surface area (Å²) in [6.07, 6.45) is 1.42. The maximum absolute atomic E-state index is 11.4. The van der Waals surface area contributed by atoms with Crippen molar-refractivity contribution in [3.05, 3.63) is 64.2 Å². The average Bonchev–Trinajstić information content (AvgIpc) is 2.61. The molecule has 0 aromatic heterocycles. The predicted octanol–water partition coefficient (Wildman–Crippen LogP) is 3.37. The molecule has 0 aliphatic rings. The summed E-state index contributed by atoms with van der Waals surface area (Å²) in [4.78, 5) is 21.5. The molecule has 136 valence electrons. The smallest absolute Gasteiger partial charge is 0.344 e. The van der Waals surface area contributed by atoms with Crippen LogP contribution in [0.3, 0.4) is 0 Å². The summed E-state index contributed by atoms with van der Waals surface area (Å²) in [6.45, 7) is 3.40. The van der Waals surface area contributed by atoms with E-state index in [4.69, 9.17) is 9.47 Å². The molecular formula is C18H19N3O5.